The van der Waals surface area contributed by atoms with E-state index in [9.17, 15) is 4.79 Å². The fourth-order valence-corrected chi connectivity index (χ4v) is 1.49. The molecule has 0 aromatic carbocycles. The zero-order chi connectivity index (χ0) is 13.5. The van der Waals surface area contributed by atoms with Gasteiger partial charge in [0, 0.05) is 20.6 Å². The zero-order valence-electron chi connectivity index (χ0n) is 11.5. The van der Waals surface area contributed by atoms with Gasteiger partial charge in [0.25, 0.3) is 5.91 Å². The molecule has 0 atom stereocenters. The van der Waals surface area contributed by atoms with Gasteiger partial charge in [0.05, 0.1) is 12.4 Å². The smallest absolute Gasteiger partial charge is 0.273 e. The van der Waals surface area contributed by atoms with Crippen molar-refractivity contribution in [2.45, 2.75) is 6.42 Å². The third-order valence-corrected chi connectivity index (χ3v) is 2.57. The predicted octanol–water partition coefficient (Wildman–Crippen LogP) is 0.542. The number of aromatic nitrogens is 2. The van der Waals surface area contributed by atoms with Crippen molar-refractivity contribution in [2.75, 3.05) is 46.6 Å². The largest absolute Gasteiger partial charge is 0.372 e. The van der Waals surface area contributed by atoms with E-state index in [4.69, 9.17) is 0 Å². The number of hydrogen-bond acceptors (Lipinski definition) is 5. The second-order valence-corrected chi connectivity index (χ2v) is 4.42. The number of hydrogen-bond donors (Lipinski definition) is 1. The van der Waals surface area contributed by atoms with Gasteiger partial charge in [0.1, 0.15) is 11.5 Å². The van der Waals surface area contributed by atoms with Gasteiger partial charge in [0.2, 0.25) is 0 Å². The molecular weight excluding hydrogens is 230 g/mol. The number of anilines is 1. The van der Waals surface area contributed by atoms with Crippen molar-refractivity contribution in [1.82, 2.24) is 19.8 Å². The van der Waals surface area contributed by atoms with Crippen LogP contribution in [0.5, 0.6) is 0 Å². The molecule has 1 aromatic heterocycles. The summed E-state index contributed by atoms with van der Waals surface area (Å²) in [5, 5.41) is 2.87. The van der Waals surface area contributed by atoms with Crippen molar-refractivity contribution >= 4 is 11.7 Å². The quantitative estimate of drug-likeness (QED) is 0.799. The highest BCUT2D eigenvalue weighted by molar-refractivity contribution is 5.91. The van der Waals surface area contributed by atoms with Gasteiger partial charge in [-0.3, -0.25) is 4.79 Å². The maximum absolute atomic E-state index is 12.0. The molecule has 1 amide bonds. The maximum atomic E-state index is 12.0. The molecule has 1 rings (SSSR count). The first-order chi connectivity index (χ1) is 8.54. The van der Waals surface area contributed by atoms with Gasteiger partial charge < -0.3 is 15.1 Å². The van der Waals surface area contributed by atoms with Crippen LogP contribution in [0, 0.1) is 0 Å². The van der Waals surface area contributed by atoms with Crippen molar-refractivity contribution in [3.8, 4) is 0 Å². The van der Waals surface area contributed by atoms with Crippen LogP contribution in [0.25, 0.3) is 0 Å². The minimum atomic E-state index is -0.0936. The Balaban J connectivity index is 2.51. The number of nitrogens with zero attached hydrogens (tertiary/aromatic N) is 4. The summed E-state index contributed by atoms with van der Waals surface area (Å²) in [5.74, 6) is 0.561. The molecule has 0 spiro atoms. The Kier molecular flexibility index (Phi) is 5.51. The van der Waals surface area contributed by atoms with E-state index in [1.54, 1.807) is 25.2 Å². The molecule has 0 aliphatic carbocycles. The summed E-state index contributed by atoms with van der Waals surface area (Å²) in [6.45, 7) is 1.68. The Morgan fingerprint density at radius 1 is 1.22 bits per heavy atom. The summed E-state index contributed by atoms with van der Waals surface area (Å²) >= 11 is 0. The SMILES string of the molecule is CNc1cnc(C(=O)N(C)CCCN(C)C)cn1. The van der Waals surface area contributed by atoms with Crippen LogP contribution < -0.4 is 5.32 Å². The van der Waals surface area contributed by atoms with Crippen LogP contribution in [0.3, 0.4) is 0 Å². The summed E-state index contributed by atoms with van der Waals surface area (Å²) in [4.78, 5) is 23.9. The van der Waals surface area contributed by atoms with E-state index in [-0.39, 0.29) is 5.91 Å². The third-order valence-electron chi connectivity index (χ3n) is 2.57. The number of carbonyl (C=O) groups is 1. The second-order valence-electron chi connectivity index (χ2n) is 4.42. The lowest BCUT2D eigenvalue weighted by Gasteiger charge is -2.18. The van der Waals surface area contributed by atoms with Crippen molar-refractivity contribution < 1.29 is 4.79 Å². The Hall–Kier alpha value is -1.69. The topological polar surface area (TPSA) is 61.4 Å². The second kappa shape index (κ2) is 6.90. The molecule has 0 aliphatic rings. The van der Waals surface area contributed by atoms with Gasteiger partial charge in [-0.2, -0.15) is 0 Å². The molecule has 100 valence electrons. The van der Waals surface area contributed by atoms with Crippen molar-refractivity contribution in [3.05, 3.63) is 18.1 Å². The van der Waals surface area contributed by atoms with E-state index in [0.717, 1.165) is 13.0 Å². The van der Waals surface area contributed by atoms with Crippen LogP contribution in [-0.4, -0.2) is 67.0 Å². The van der Waals surface area contributed by atoms with Gasteiger partial charge in [-0.1, -0.05) is 0 Å². The van der Waals surface area contributed by atoms with E-state index in [1.807, 2.05) is 14.1 Å². The molecule has 6 nitrogen and oxygen atoms in total. The molecule has 1 N–H and O–H groups in total. The van der Waals surface area contributed by atoms with Crippen LogP contribution in [0.4, 0.5) is 5.82 Å². The van der Waals surface area contributed by atoms with E-state index in [2.05, 4.69) is 20.2 Å². The fraction of sp³-hybridized carbons (Fsp3) is 0.583. The molecule has 0 saturated carbocycles. The lowest BCUT2D eigenvalue weighted by Crippen LogP contribution is -2.30. The molecule has 1 aromatic rings. The molecule has 0 fully saturated rings. The average molecular weight is 251 g/mol. The summed E-state index contributed by atoms with van der Waals surface area (Å²) in [5.41, 5.74) is 0.376. The Labute approximate surface area is 108 Å². The van der Waals surface area contributed by atoms with Gasteiger partial charge in [-0.05, 0) is 27.1 Å². The molecule has 0 unspecified atom stereocenters. The van der Waals surface area contributed by atoms with Gasteiger partial charge in [-0.15, -0.1) is 0 Å². The fourth-order valence-electron chi connectivity index (χ4n) is 1.49. The third kappa shape index (κ3) is 4.29. The van der Waals surface area contributed by atoms with Gasteiger partial charge in [0.15, 0.2) is 0 Å². The Morgan fingerprint density at radius 2 is 1.94 bits per heavy atom. The first-order valence-corrected chi connectivity index (χ1v) is 5.94. The van der Waals surface area contributed by atoms with E-state index >= 15 is 0 Å². The number of carbonyl (C=O) groups excluding carboxylic acids is 1. The highest BCUT2D eigenvalue weighted by atomic mass is 16.2. The average Bonchev–Trinajstić information content (AvgIpc) is 2.37. The number of rotatable bonds is 6. The van der Waals surface area contributed by atoms with E-state index in [1.165, 1.54) is 6.20 Å². The molecule has 1 heterocycles. The number of nitrogens with one attached hydrogen (secondary N) is 1. The molecule has 6 heteroatoms. The first kappa shape index (κ1) is 14.4. The van der Waals surface area contributed by atoms with Crippen molar-refractivity contribution in [1.29, 1.82) is 0 Å². The molecule has 0 radical (unpaired) electrons. The summed E-state index contributed by atoms with van der Waals surface area (Å²) in [6, 6.07) is 0. The normalized spacial score (nSPS) is 10.5. The summed E-state index contributed by atoms with van der Waals surface area (Å²) in [6.07, 6.45) is 3.99. The first-order valence-electron chi connectivity index (χ1n) is 5.94. The Morgan fingerprint density at radius 3 is 2.44 bits per heavy atom. The van der Waals surface area contributed by atoms with E-state index < -0.39 is 0 Å². The van der Waals surface area contributed by atoms with Crippen molar-refractivity contribution in [2.24, 2.45) is 0 Å². The highest BCUT2D eigenvalue weighted by Crippen LogP contribution is 2.03. The lowest BCUT2D eigenvalue weighted by molar-refractivity contribution is 0.0784. The lowest BCUT2D eigenvalue weighted by atomic mass is 10.3. The standard InChI is InChI=1S/C12H21N5O/c1-13-11-9-14-10(8-15-11)12(18)17(4)7-5-6-16(2)3/h8-9H,5-7H2,1-4H3,(H,13,15). The van der Waals surface area contributed by atoms with Crippen molar-refractivity contribution in [3.63, 3.8) is 0 Å². The molecule has 0 bridgehead atoms. The summed E-state index contributed by atoms with van der Waals surface area (Å²) in [7, 11) is 7.58. The monoisotopic (exact) mass is 251 g/mol. The Bertz CT molecular complexity index is 377. The van der Waals surface area contributed by atoms with Crippen LogP contribution in [0.15, 0.2) is 12.4 Å². The molecule has 0 aliphatic heterocycles. The molecular formula is C12H21N5O. The predicted molar refractivity (Wildman–Crippen MR) is 71.7 cm³/mol. The van der Waals surface area contributed by atoms with Crippen LogP contribution in [0.2, 0.25) is 0 Å². The zero-order valence-corrected chi connectivity index (χ0v) is 11.5. The van der Waals surface area contributed by atoms with Gasteiger partial charge in [-0.25, -0.2) is 9.97 Å². The van der Waals surface area contributed by atoms with Crippen LogP contribution >= 0.6 is 0 Å². The van der Waals surface area contributed by atoms with E-state index in [0.29, 0.717) is 18.1 Å². The van der Waals surface area contributed by atoms with Gasteiger partial charge >= 0.3 is 0 Å². The molecule has 18 heavy (non-hydrogen) atoms. The highest BCUT2D eigenvalue weighted by Gasteiger charge is 2.13. The van der Waals surface area contributed by atoms with Crippen LogP contribution in [-0.2, 0) is 0 Å². The minimum absolute atomic E-state index is 0.0936. The van der Waals surface area contributed by atoms with Crippen LogP contribution in [0.1, 0.15) is 16.9 Å². The maximum Gasteiger partial charge on any atom is 0.273 e. The molecule has 0 saturated heterocycles. The number of amides is 1. The minimum Gasteiger partial charge on any atom is -0.372 e. The summed E-state index contributed by atoms with van der Waals surface area (Å²) < 4.78 is 0.